The van der Waals surface area contributed by atoms with Gasteiger partial charge in [-0.2, -0.15) is 0 Å². The van der Waals surface area contributed by atoms with E-state index in [2.05, 4.69) is 26.2 Å². The number of carbonyl (C=O) groups is 1. The number of carbonyl (C=O) groups excluding carboxylic acids is 1. The third-order valence-corrected chi connectivity index (χ3v) is 2.86. The summed E-state index contributed by atoms with van der Waals surface area (Å²) in [6, 6.07) is 7.55. The van der Waals surface area contributed by atoms with Crippen molar-refractivity contribution in [1.29, 1.82) is 0 Å². The Labute approximate surface area is 118 Å². The van der Waals surface area contributed by atoms with Crippen molar-refractivity contribution in [2.45, 2.75) is 13.2 Å². The second-order valence-corrected chi connectivity index (χ2v) is 4.78. The number of halogens is 1. The van der Waals surface area contributed by atoms with Gasteiger partial charge in [0.15, 0.2) is 5.69 Å². The zero-order valence-corrected chi connectivity index (χ0v) is 11.7. The standard InChI is InChI=1S/C12H13BrN4O2/c13-10-3-1-2-9(6-10)8-19-12(18)11-7-17(5-4-14)16-15-11/h1-3,6-7H,4-5,8,14H2. The molecule has 1 aromatic carbocycles. The SMILES string of the molecule is NCCn1cc(C(=O)OCc2cccc(Br)c2)nn1. The van der Waals surface area contributed by atoms with E-state index in [1.54, 1.807) is 0 Å². The van der Waals surface area contributed by atoms with Crippen molar-refractivity contribution in [3.05, 3.63) is 46.2 Å². The van der Waals surface area contributed by atoms with Crippen LogP contribution in [0.3, 0.4) is 0 Å². The van der Waals surface area contributed by atoms with Gasteiger partial charge in [0.1, 0.15) is 6.61 Å². The Bertz CT molecular complexity index is 570. The minimum atomic E-state index is -0.497. The molecule has 6 nitrogen and oxygen atoms in total. The summed E-state index contributed by atoms with van der Waals surface area (Å²) in [5.41, 5.74) is 6.47. The molecular formula is C12H13BrN4O2. The van der Waals surface area contributed by atoms with Gasteiger partial charge in [0, 0.05) is 11.0 Å². The van der Waals surface area contributed by atoms with Gasteiger partial charge in [0.2, 0.25) is 0 Å². The predicted octanol–water partition coefficient (Wildman–Crippen LogP) is 1.36. The lowest BCUT2D eigenvalue weighted by atomic mass is 10.2. The smallest absolute Gasteiger partial charge is 0.360 e. The van der Waals surface area contributed by atoms with Crippen molar-refractivity contribution in [3.8, 4) is 0 Å². The molecule has 19 heavy (non-hydrogen) atoms. The maximum absolute atomic E-state index is 11.7. The molecule has 0 fully saturated rings. The van der Waals surface area contributed by atoms with Gasteiger partial charge in [-0.1, -0.05) is 33.3 Å². The Balaban J connectivity index is 1.93. The molecule has 0 aliphatic rings. The largest absolute Gasteiger partial charge is 0.456 e. The van der Waals surface area contributed by atoms with Gasteiger partial charge in [0.25, 0.3) is 0 Å². The monoisotopic (exact) mass is 324 g/mol. The maximum atomic E-state index is 11.7. The molecule has 0 unspecified atom stereocenters. The van der Waals surface area contributed by atoms with Crippen molar-refractivity contribution in [2.75, 3.05) is 6.54 Å². The van der Waals surface area contributed by atoms with Gasteiger partial charge in [-0.3, -0.25) is 4.68 Å². The second-order valence-electron chi connectivity index (χ2n) is 3.86. The number of nitrogens with two attached hydrogens (primary N) is 1. The lowest BCUT2D eigenvalue weighted by molar-refractivity contribution is 0.0465. The highest BCUT2D eigenvalue weighted by molar-refractivity contribution is 9.10. The van der Waals surface area contributed by atoms with E-state index in [-0.39, 0.29) is 12.3 Å². The summed E-state index contributed by atoms with van der Waals surface area (Å²) >= 11 is 3.36. The Morgan fingerprint density at radius 1 is 1.47 bits per heavy atom. The molecule has 0 spiro atoms. The Morgan fingerprint density at radius 3 is 3.05 bits per heavy atom. The Kier molecular flexibility index (Phi) is 4.64. The van der Waals surface area contributed by atoms with Crippen molar-refractivity contribution in [2.24, 2.45) is 5.73 Å². The Morgan fingerprint density at radius 2 is 2.32 bits per heavy atom. The first-order valence-electron chi connectivity index (χ1n) is 5.71. The number of hydrogen-bond donors (Lipinski definition) is 1. The highest BCUT2D eigenvalue weighted by Gasteiger charge is 2.12. The number of nitrogens with zero attached hydrogens (tertiary/aromatic N) is 3. The maximum Gasteiger partial charge on any atom is 0.360 e. The van der Waals surface area contributed by atoms with Crippen molar-refractivity contribution in [1.82, 2.24) is 15.0 Å². The van der Waals surface area contributed by atoms with Crippen molar-refractivity contribution in [3.63, 3.8) is 0 Å². The summed E-state index contributed by atoms with van der Waals surface area (Å²) in [5.74, 6) is -0.497. The first-order chi connectivity index (χ1) is 9.19. The van der Waals surface area contributed by atoms with E-state index in [9.17, 15) is 4.79 Å². The summed E-state index contributed by atoms with van der Waals surface area (Å²) in [7, 11) is 0. The van der Waals surface area contributed by atoms with Crippen molar-refractivity contribution < 1.29 is 9.53 Å². The molecule has 1 aromatic heterocycles. The van der Waals surface area contributed by atoms with Gasteiger partial charge in [0.05, 0.1) is 12.7 Å². The number of hydrogen-bond acceptors (Lipinski definition) is 5. The van der Waals surface area contributed by atoms with E-state index in [0.29, 0.717) is 13.1 Å². The molecule has 2 aromatic rings. The van der Waals surface area contributed by atoms with Crippen LogP contribution < -0.4 is 5.73 Å². The molecule has 0 saturated heterocycles. The van der Waals surface area contributed by atoms with Gasteiger partial charge in [-0.25, -0.2) is 4.79 Å². The molecule has 0 aliphatic carbocycles. The fourth-order valence-electron chi connectivity index (χ4n) is 1.48. The molecule has 0 atom stereocenters. The number of aromatic nitrogens is 3. The minimum Gasteiger partial charge on any atom is -0.456 e. The molecule has 100 valence electrons. The van der Waals surface area contributed by atoms with Crippen LogP contribution in [0.2, 0.25) is 0 Å². The quantitative estimate of drug-likeness (QED) is 0.839. The summed E-state index contributed by atoms with van der Waals surface area (Å²) in [6.45, 7) is 1.16. The normalized spacial score (nSPS) is 10.4. The minimum absolute atomic E-state index is 0.184. The van der Waals surface area contributed by atoms with Crippen LogP contribution in [0.1, 0.15) is 16.1 Å². The van der Waals surface area contributed by atoms with Crippen molar-refractivity contribution >= 4 is 21.9 Å². The van der Waals surface area contributed by atoms with E-state index in [1.807, 2.05) is 24.3 Å². The third kappa shape index (κ3) is 3.87. The molecular weight excluding hydrogens is 312 g/mol. The van der Waals surface area contributed by atoms with Crippen LogP contribution in [0, 0.1) is 0 Å². The van der Waals surface area contributed by atoms with E-state index in [0.717, 1.165) is 10.0 Å². The average molecular weight is 325 g/mol. The molecule has 2 N–H and O–H groups in total. The van der Waals surface area contributed by atoms with Crippen LogP contribution in [-0.2, 0) is 17.9 Å². The summed E-state index contributed by atoms with van der Waals surface area (Å²) in [4.78, 5) is 11.7. The van der Waals surface area contributed by atoms with E-state index < -0.39 is 5.97 Å². The van der Waals surface area contributed by atoms with Crippen LogP contribution >= 0.6 is 15.9 Å². The summed E-state index contributed by atoms with van der Waals surface area (Å²) in [6.07, 6.45) is 1.52. The van der Waals surface area contributed by atoms with Crippen LogP contribution in [0.5, 0.6) is 0 Å². The highest BCUT2D eigenvalue weighted by Crippen LogP contribution is 2.12. The number of benzene rings is 1. The highest BCUT2D eigenvalue weighted by atomic mass is 79.9. The van der Waals surface area contributed by atoms with E-state index in [1.165, 1.54) is 10.9 Å². The number of rotatable bonds is 5. The first kappa shape index (κ1) is 13.7. The molecule has 0 aliphatic heterocycles. The van der Waals surface area contributed by atoms with Gasteiger partial charge in [-0.15, -0.1) is 5.10 Å². The average Bonchev–Trinajstić information content (AvgIpc) is 2.85. The fraction of sp³-hybridized carbons (Fsp3) is 0.250. The lowest BCUT2D eigenvalue weighted by Gasteiger charge is -2.03. The molecule has 0 bridgehead atoms. The van der Waals surface area contributed by atoms with Crippen LogP contribution in [0.4, 0.5) is 0 Å². The summed E-state index contributed by atoms with van der Waals surface area (Å²) < 4.78 is 7.60. The topological polar surface area (TPSA) is 83.0 Å². The summed E-state index contributed by atoms with van der Waals surface area (Å²) in [5, 5.41) is 7.51. The van der Waals surface area contributed by atoms with Crippen LogP contribution in [0.15, 0.2) is 34.9 Å². The zero-order chi connectivity index (χ0) is 13.7. The van der Waals surface area contributed by atoms with E-state index in [4.69, 9.17) is 10.5 Å². The predicted molar refractivity (Wildman–Crippen MR) is 72.3 cm³/mol. The van der Waals surface area contributed by atoms with Gasteiger partial charge < -0.3 is 10.5 Å². The number of esters is 1. The van der Waals surface area contributed by atoms with Crippen LogP contribution in [0.25, 0.3) is 0 Å². The first-order valence-corrected chi connectivity index (χ1v) is 6.50. The molecule has 0 radical (unpaired) electrons. The fourth-order valence-corrected chi connectivity index (χ4v) is 1.93. The molecule has 1 heterocycles. The molecule has 2 rings (SSSR count). The number of ether oxygens (including phenoxy) is 1. The second kappa shape index (κ2) is 6.44. The van der Waals surface area contributed by atoms with E-state index >= 15 is 0 Å². The third-order valence-electron chi connectivity index (χ3n) is 2.36. The van der Waals surface area contributed by atoms with Gasteiger partial charge >= 0.3 is 5.97 Å². The Hall–Kier alpha value is -1.73. The molecule has 7 heteroatoms. The van der Waals surface area contributed by atoms with Crippen LogP contribution in [-0.4, -0.2) is 27.5 Å². The van der Waals surface area contributed by atoms with Gasteiger partial charge in [-0.05, 0) is 17.7 Å². The molecule has 0 amide bonds. The lowest BCUT2D eigenvalue weighted by Crippen LogP contribution is -2.10. The molecule has 0 saturated carbocycles. The zero-order valence-electron chi connectivity index (χ0n) is 10.1.